The molecule has 154 valence electrons. The van der Waals surface area contributed by atoms with Gasteiger partial charge in [-0.25, -0.2) is 15.0 Å². The number of ether oxygens (including phenoxy) is 1. The second-order valence-corrected chi connectivity index (χ2v) is 7.50. The van der Waals surface area contributed by atoms with Crippen molar-refractivity contribution in [2.45, 2.75) is 20.4 Å². The molecular formula is C24H22N6O. The molecule has 0 spiro atoms. The summed E-state index contributed by atoms with van der Waals surface area (Å²) in [4.78, 5) is 13.0. The minimum atomic E-state index is 0.647. The second-order valence-electron chi connectivity index (χ2n) is 7.50. The van der Waals surface area contributed by atoms with E-state index in [1.807, 2.05) is 68.6 Å². The smallest absolute Gasteiger partial charge is 0.145 e. The molecule has 1 aliphatic rings. The zero-order chi connectivity index (χ0) is 21.4. The molecule has 0 amide bonds. The summed E-state index contributed by atoms with van der Waals surface area (Å²) in [6.45, 7) is 4.63. The topological polar surface area (TPSA) is 80.4 Å². The van der Waals surface area contributed by atoms with Crippen LogP contribution in [0.4, 0.5) is 22.7 Å². The number of nitrogens with zero attached hydrogens (tertiary/aromatic N) is 5. The average molecular weight is 410 g/mol. The van der Waals surface area contributed by atoms with Gasteiger partial charge in [0.25, 0.3) is 0 Å². The highest BCUT2D eigenvalue weighted by molar-refractivity contribution is 5.76. The molecule has 1 aliphatic heterocycles. The molecule has 0 unspecified atom stereocenters. The lowest BCUT2D eigenvalue weighted by atomic mass is 10.2. The summed E-state index contributed by atoms with van der Waals surface area (Å²) in [6.07, 6.45) is 5.16. The van der Waals surface area contributed by atoms with E-state index in [9.17, 15) is 0 Å². The normalized spacial score (nSPS) is 12.7. The number of pyridine rings is 1. The molecule has 7 nitrogen and oxygen atoms in total. The lowest BCUT2D eigenvalue weighted by Gasteiger charge is -2.32. The third-order valence-corrected chi connectivity index (χ3v) is 5.25. The van der Waals surface area contributed by atoms with Crippen LogP contribution in [-0.2, 0) is 6.54 Å². The Labute approximate surface area is 180 Å². The van der Waals surface area contributed by atoms with Crippen LogP contribution in [-0.4, -0.2) is 15.0 Å². The summed E-state index contributed by atoms with van der Waals surface area (Å²) in [7, 11) is 0. The van der Waals surface area contributed by atoms with E-state index in [1.165, 1.54) is 0 Å². The predicted octanol–water partition coefficient (Wildman–Crippen LogP) is 4.94. The van der Waals surface area contributed by atoms with Crippen LogP contribution in [0.5, 0.6) is 11.5 Å². The molecule has 7 heteroatoms. The fourth-order valence-corrected chi connectivity index (χ4v) is 3.64. The minimum Gasteiger partial charge on any atom is -0.455 e. The number of benzene rings is 2. The van der Waals surface area contributed by atoms with E-state index in [-0.39, 0.29) is 0 Å². The summed E-state index contributed by atoms with van der Waals surface area (Å²) in [5, 5.41) is 4.29. The standard InChI is InChI=1S/C24H22N6O/c1-16-11-20(8-10-24(16)31-21-9-3-17(2)27-12-21)30-23-13-26-15-28-22(23)14-29(30)19-6-4-18(25)5-7-19/h3-13,15H,14,25H2,1-2H3. The first-order valence-electron chi connectivity index (χ1n) is 10.0. The van der Waals surface area contributed by atoms with Gasteiger partial charge < -0.3 is 10.5 Å². The molecule has 3 heterocycles. The lowest BCUT2D eigenvalue weighted by molar-refractivity contribution is 0.476. The zero-order valence-corrected chi connectivity index (χ0v) is 17.4. The molecule has 31 heavy (non-hydrogen) atoms. The molecule has 4 aromatic rings. The molecule has 5 rings (SSSR count). The summed E-state index contributed by atoms with van der Waals surface area (Å²) >= 11 is 0. The van der Waals surface area contributed by atoms with E-state index >= 15 is 0 Å². The van der Waals surface area contributed by atoms with Crippen molar-refractivity contribution in [1.29, 1.82) is 0 Å². The van der Waals surface area contributed by atoms with E-state index in [0.717, 1.165) is 45.5 Å². The van der Waals surface area contributed by atoms with Gasteiger partial charge in [-0.3, -0.25) is 9.99 Å². The third-order valence-electron chi connectivity index (χ3n) is 5.25. The summed E-state index contributed by atoms with van der Waals surface area (Å²) in [5.74, 6) is 1.50. The molecule has 0 atom stereocenters. The molecule has 0 aliphatic carbocycles. The van der Waals surface area contributed by atoms with Crippen molar-refractivity contribution >= 4 is 22.7 Å². The summed E-state index contributed by atoms with van der Waals surface area (Å²) in [6, 6.07) is 17.8. The Balaban J connectivity index is 1.51. The summed E-state index contributed by atoms with van der Waals surface area (Å²) in [5.41, 5.74) is 12.5. The quantitative estimate of drug-likeness (QED) is 0.478. The van der Waals surface area contributed by atoms with Crippen LogP contribution in [0.15, 0.2) is 73.3 Å². The number of aryl methyl sites for hydroxylation is 2. The van der Waals surface area contributed by atoms with Crippen molar-refractivity contribution < 1.29 is 4.74 Å². The highest BCUT2D eigenvalue weighted by atomic mass is 16.5. The van der Waals surface area contributed by atoms with Crippen LogP contribution < -0.4 is 20.5 Å². The van der Waals surface area contributed by atoms with E-state index in [0.29, 0.717) is 12.3 Å². The average Bonchev–Trinajstić information content (AvgIpc) is 3.17. The van der Waals surface area contributed by atoms with Crippen molar-refractivity contribution in [3.63, 3.8) is 0 Å². The monoisotopic (exact) mass is 410 g/mol. The number of rotatable bonds is 4. The van der Waals surface area contributed by atoms with Crippen molar-refractivity contribution in [2.75, 3.05) is 15.8 Å². The Morgan fingerprint density at radius 3 is 2.45 bits per heavy atom. The third kappa shape index (κ3) is 3.61. The maximum absolute atomic E-state index is 6.04. The number of nitrogens with two attached hydrogens (primary N) is 1. The van der Waals surface area contributed by atoms with Gasteiger partial charge >= 0.3 is 0 Å². The predicted molar refractivity (Wildman–Crippen MR) is 121 cm³/mol. The van der Waals surface area contributed by atoms with Crippen LogP contribution >= 0.6 is 0 Å². The Bertz CT molecular complexity index is 1220. The molecule has 2 N–H and O–H groups in total. The van der Waals surface area contributed by atoms with E-state index in [1.54, 1.807) is 12.5 Å². The molecule has 0 radical (unpaired) electrons. The van der Waals surface area contributed by atoms with Gasteiger partial charge in [0, 0.05) is 11.4 Å². The van der Waals surface area contributed by atoms with Gasteiger partial charge in [-0.05, 0) is 74.0 Å². The van der Waals surface area contributed by atoms with Crippen LogP contribution in [0.3, 0.4) is 0 Å². The maximum atomic E-state index is 6.04. The van der Waals surface area contributed by atoms with Gasteiger partial charge in [0.1, 0.15) is 23.5 Å². The molecular weight excluding hydrogens is 388 g/mol. The van der Waals surface area contributed by atoms with Crippen molar-refractivity contribution in [1.82, 2.24) is 15.0 Å². The fourth-order valence-electron chi connectivity index (χ4n) is 3.64. The number of hydrogen-bond donors (Lipinski definition) is 1. The molecule has 0 bridgehead atoms. The Morgan fingerprint density at radius 2 is 1.71 bits per heavy atom. The minimum absolute atomic E-state index is 0.647. The van der Waals surface area contributed by atoms with Gasteiger partial charge in [-0.15, -0.1) is 0 Å². The lowest BCUT2D eigenvalue weighted by Crippen LogP contribution is -2.33. The van der Waals surface area contributed by atoms with Crippen LogP contribution in [0.25, 0.3) is 0 Å². The van der Waals surface area contributed by atoms with Crippen molar-refractivity contribution in [2.24, 2.45) is 0 Å². The molecule has 2 aromatic carbocycles. The van der Waals surface area contributed by atoms with Crippen LogP contribution in [0.2, 0.25) is 0 Å². The molecule has 2 aromatic heterocycles. The molecule has 0 fully saturated rings. The van der Waals surface area contributed by atoms with Gasteiger partial charge in [0.15, 0.2) is 0 Å². The van der Waals surface area contributed by atoms with E-state index in [2.05, 4.69) is 31.0 Å². The van der Waals surface area contributed by atoms with Gasteiger partial charge in [-0.2, -0.15) is 0 Å². The number of hydrogen-bond acceptors (Lipinski definition) is 7. The second kappa shape index (κ2) is 7.60. The van der Waals surface area contributed by atoms with Gasteiger partial charge in [0.05, 0.1) is 36.0 Å². The van der Waals surface area contributed by atoms with Crippen LogP contribution in [0, 0.1) is 13.8 Å². The number of anilines is 4. The van der Waals surface area contributed by atoms with E-state index < -0.39 is 0 Å². The van der Waals surface area contributed by atoms with Crippen LogP contribution in [0.1, 0.15) is 17.0 Å². The first-order chi connectivity index (χ1) is 15.1. The molecule has 0 saturated carbocycles. The zero-order valence-electron chi connectivity index (χ0n) is 17.4. The SMILES string of the molecule is Cc1ccc(Oc2ccc(N3c4cncnc4CN3c3ccc(N)cc3)cc2C)cn1. The first kappa shape index (κ1) is 18.9. The fraction of sp³-hybridized carbons (Fsp3) is 0.125. The number of fused-ring (bicyclic) bond motifs is 1. The number of hydrazine groups is 1. The number of nitrogen functional groups attached to an aromatic ring is 1. The Morgan fingerprint density at radius 1 is 0.903 bits per heavy atom. The van der Waals surface area contributed by atoms with Crippen molar-refractivity contribution in [3.05, 3.63) is 90.3 Å². The first-order valence-corrected chi connectivity index (χ1v) is 10.0. The summed E-state index contributed by atoms with van der Waals surface area (Å²) < 4.78 is 6.04. The highest BCUT2D eigenvalue weighted by Crippen LogP contribution is 2.40. The number of aromatic nitrogens is 3. The Kier molecular flexibility index (Phi) is 4.63. The largest absolute Gasteiger partial charge is 0.455 e. The maximum Gasteiger partial charge on any atom is 0.145 e. The molecule has 0 saturated heterocycles. The van der Waals surface area contributed by atoms with Crippen molar-refractivity contribution in [3.8, 4) is 11.5 Å². The Hall–Kier alpha value is -4.13. The van der Waals surface area contributed by atoms with E-state index in [4.69, 9.17) is 10.5 Å². The van der Waals surface area contributed by atoms with Gasteiger partial charge in [-0.1, -0.05) is 0 Å². The highest BCUT2D eigenvalue weighted by Gasteiger charge is 2.30. The van der Waals surface area contributed by atoms with Gasteiger partial charge in [0.2, 0.25) is 0 Å².